The van der Waals surface area contributed by atoms with Crippen LogP contribution in [0.25, 0.3) is 0 Å². The van der Waals surface area contributed by atoms with Gasteiger partial charge in [0.05, 0.1) is 0 Å². The number of fused-ring (bicyclic) bond motifs is 1. The molecule has 3 rings (SSSR count). The van der Waals surface area contributed by atoms with Crippen LogP contribution in [-0.2, 0) is 9.59 Å². The molecule has 2 amide bonds. The van der Waals surface area contributed by atoms with Crippen molar-refractivity contribution in [3.63, 3.8) is 0 Å². The number of rotatable bonds is 11. The Hall–Kier alpha value is -1.58. The second-order valence-corrected chi connectivity index (χ2v) is 10.5. The zero-order chi connectivity index (χ0) is 22.8. The zero-order valence-electron chi connectivity index (χ0n) is 20.6. The van der Waals surface area contributed by atoms with E-state index in [4.69, 9.17) is 0 Å². The summed E-state index contributed by atoms with van der Waals surface area (Å²) in [6.45, 7) is 7.12. The van der Waals surface area contributed by atoms with Gasteiger partial charge in [-0.3, -0.25) is 9.59 Å². The second-order valence-electron chi connectivity index (χ2n) is 10.5. The van der Waals surface area contributed by atoms with Crippen molar-refractivity contribution in [1.29, 1.82) is 0 Å². The van der Waals surface area contributed by atoms with Crippen LogP contribution in [0.2, 0.25) is 0 Å². The van der Waals surface area contributed by atoms with Crippen LogP contribution >= 0.6 is 0 Å². The van der Waals surface area contributed by atoms with Crippen molar-refractivity contribution in [3.8, 4) is 0 Å². The van der Waals surface area contributed by atoms with Crippen LogP contribution in [0.3, 0.4) is 0 Å². The first-order chi connectivity index (χ1) is 15.6. The average Bonchev–Trinajstić information content (AvgIpc) is 2.83. The fourth-order valence-corrected chi connectivity index (χ4v) is 5.83. The van der Waals surface area contributed by atoms with Crippen LogP contribution in [0.4, 0.5) is 0 Å². The quantitative estimate of drug-likeness (QED) is 0.386. The van der Waals surface area contributed by atoms with Gasteiger partial charge < -0.3 is 9.80 Å². The number of hydrogen-bond donors (Lipinski definition) is 0. The number of amides is 2. The molecule has 0 N–H and O–H groups in total. The number of nitrogens with zero attached hydrogens (tertiary/aromatic N) is 2. The summed E-state index contributed by atoms with van der Waals surface area (Å²) in [6.07, 6.45) is 22.3. The van der Waals surface area contributed by atoms with Crippen LogP contribution in [0.5, 0.6) is 0 Å². The van der Waals surface area contributed by atoms with Crippen molar-refractivity contribution in [2.45, 2.75) is 103 Å². The first-order valence-electron chi connectivity index (χ1n) is 13.5. The molecule has 4 unspecified atom stereocenters. The van der Waals surface area contributed by atoms with Crippen LogP contribution in [0, 0.1) is 17.8 Å². The Bertz CT molecular complexity index is 654. The molecule has 32 heavy (non-hydrogen) atoms. The predicted molar refractivity (Wildman–Crippen MR) is 132 cm³/mol. The van der Waals surface area contributed by atoms with E-state index >= 15 is 0 Å². The fraction of sp³-hybridized carbons (Fsp3) is 0.786. The van der Waals surface area contributed by atoms with Gasteiger partial charge in [0.2, 0.25) is 11.8 Å². The molecule has 1 heterocycles. The van der Waals surface area contributed by atoms with Gasteiger partial charge in [0.15, 0.2) is 0 Å². The zero-order valence-corrected chi connectivity index (χ0v) is 20.6. The van der Waals surface area contributed by atoms with Crippen LogP contribution in [-0.4, -0.2) is 47.3 Å². The molecule has 1 aliphatic heterocycles. The summed E-state index contributed by atoms with van der Waals surface area (Å²) in [5.74, 6) is 2.39. The van der Waals surface area contributed by atoms with Crippen LogP contribution < -0.4 is 0 Å². The Morgan fingerprint density at radius 3 is 2.66 bits per heavy atom. The summed E-state index contributed by atoms with van der Waals surface area (Å²) >= 11 is 0. The molecule has 180 valence electrons. The van der Waals surface area contributed by atoms with Crippen LogP contribution in [0.15, 0.2) is 24.3 Å². The lowest BCUT2D eigenvalue weighted by Crippen LogP contribution is -2.49. The highest BCUT2D eigenvalue weighted by Gasteiger charge is 2.35. The van der Waals surface area contributed by atoms with Gasteiger partial charge in [0.25, 0.3) is 0 Å². The first kappa shape index (κ1) is 25.1. The van der Waals surface area contributed by atoms with E-state index in [0.717, 1.165) is 50.7 Å². The van der Waals surface area contributed by atoms with Gasteiger partial charge in [0, 0.05) is 38.5 Å². The molecule has 0 bridgehead atoms. The van der Waals surface area contributed by atoms with E-state index in [1.54, 1.807) is 0 Å². The summed E-state index contributed by atoms with van der Waals surface area (Å²) in [5.41, 5.74) is 0. The van der Waals surface area contributed by atoms with Crippen molar-refractivity contribution in [1.82, 2.24) is 9.80 Å². The summed E-state index contributed by atoms with van der Waals surface area (Å²) in [5, 5.41) is 0. The third-order valence-corrected chi connectivity index (χ3v) is 8.04. The Labute approximate surface area is 196 Å². The summed E-state index contributed by atoms with van der Waals surface area (Å²) < 4.78 is 0. The molecule has 2 fully saturated rings. The van der Waals surface area contributed by atoms with E-state index in [1.165, 1.54) is 44.9 Å². The minimum absolute atomic E-state index is 0.235. The molecule has 0 aromatic heterocycles. The summed E-state index contributed by atoms with van der Waals surface area (Å²) in [7, 11) is 0. The lowest BCUT2D eigenvalue weighted by Gasteiger charge is -2.44. The molecular weight excluding hydrogens is 396 g/mol. The Morgan fingerprint density at radius 1 is 1.06 bits per heavy atom. The smallest absolute Gasteiger partial charge is 0.222 e. The number of hydrogen-bond acceptors (Lipinski definition) is 2. The molecule has 2 aliphatic carbocycles. The van der Waals surface area contributed by atoms with Gasteiger partial charge in [-0.05, 0) is 69.1 Å². The van der Waals surface area contributed by atoms with E-state index in [0.29, 0.717) is 31.2 Å². The largest absolute Gasteiger partial charge is 0.342 e. The van der Waals surface area contributed by atoms with E-state index in [2.05, 4.69) is 48.0 Å². The third-order valence-electron chi connectivity index (χ3n) is 8.04. The number of carbonyl (C=O) groups excluding carboxylic acids is 2. The van der Waals surface area contributed by atoms with E-state index in [9.17, 15) is 9.59 Å². The summed E-state index contributed by atoms with van der Waals surface area (Å²) in [6, 6.07) is 0.476. The Kier molecular flexibility index (Phi) is 10.3. The molecule has 3 aliphatic rings. The average molecular weight is 443 g/mol. The SMILES string of the molecule is CCC(C)CCCN(CC1C=CC=CC1)C(=O)CCCC(=O)N1CCCC2CCCCC21. The molecule has 4 heteroatoms. The standard InChI is InChI=1S/C28H46N2O2/c1-3-23(2)12-10-20-29(22-24-13-5-4-6-14-24)27(31)18-9-19-28(32)30-21-11-16-25-15-7-8-17-26(25)30/h4-6,13,23-26H,3,7-12,14-22H2,1-2H3. The Morgan fingerprint density at radius 2 is 1.88 bits per heavy atom. The highest BCUT2D eigenvalue weighted by atomic mass is 16.2. The Balaban J connectivity index is 1.46. The van der Waals surface area contributed by atoms with Crippen molar-refractivity contribution in [2.24, 2.45) is 17.8 Å². The molecule has 4 nitrogen and oxygen atoms in total. The highest BCUT2D eigenvalue weighted by Crippen LogP contribution is 2.35. The molecule has 0 radical (unpaired) electrons. The normalized spacial score (nSPS) is 25.9. The number of likely N-dealkylation sites (tertiary alicyclic amines) is 1. The van der Waals surface area contributed by atoms with Gasteiger partial charge in [0.1, 0.15) is 0 Å². The lowest BCUT2D eigenvalue weighted by molar-refractivity contribution is -0.138. The van der Waals surface area contributed by atoms with Crippen LogP contribution in [0.1, 0.15) is 97.3 Å². The van der Waals surface area contributed by atoms with Crippen molar-refractivity contribution < 1.29 is 9.59 Å². The maximum absolute atomic E-state index is 13.1. The van der Waals surface area contributed by atoms with Crippen molar-refractivity contribution >= 4 is 11.8 Å². The lowest BCUT2D eigenvalue weighted by atomic mass is 9.78. The molecule has 1 saturated heterocycles. The topological polar surface area (TPSA) is 40.6 Å². The summed E-state index contributed by atoms with van der Waals surface area (Å²) in [4.78, 5) is 30.4. The maximum atomic E-state index is 13.1. The fourth-order valence-electron chi connectivity index (χ4n) is 5.83. The third kappa shape index (κ3) is 7.49. The number of carbonyl (C=O) groups is 2. The van der Waals surface area contributed by atoms with E-state index < -0.39 is 0 Å². The first-order valence-corrected chi connectivity index (χ1v) is 13.5. The van der Waals surface area contributed by atoms with Gasteiger partial charge >= 0.3 is 0 Å². The number of allylic oxidation sites excluding steroid dienone is 3. The molecule has 0 aromatic rings. The number of piperidine rings is 1. The second kappa shape index (κ2) is 13.2. The molecule has 1 saturated carbocycles. The van der Waals surface area contributed by atoms with Gasteiger partial charge in [-0.15, -0.1) is 0 Å². The van der Waals surface area contributed by atoms with Gasteiger partial charge in [-0.1, -0.05) is 57.4 Å². The molecule has 0 spiro atoms. The highest BCUT2D eigenvalue weighted by molar-refractivity contribution is 5.79. The van der Waals surface area contributed by atoms with E-state index in [-0.39, 0.29) is 11.8 Å². The van der Waals surface area contributed by atoms with Crippen molar-refractivity contribution in [2.75, 3.05) is 19.6 Å². The monoisotopic (exact) mass is 442 g/mol. The van der Waals surface area contributed by atoms with E-state index in [1.807, 2.05) is 0 Å². The minimum atomic E-state index is 0.235. The maximum Gasteiger partial charge on any atom is 0.222 e. The van der Waals surface area contributed by atoms with Gasteiger partial charge in [-0.25, -0.2) is 0 Å². The molecular formula is C28H46N2O2. The predicted octanol–water partition coefficient (Wildman–Crippen LogP) is 6.13. The molecule has 4 atom stereocenters. The van der Waals surface area contributed by atoms with Crippen molar-refractivity contribution in [3.05, 3.63) is 24.3 Å². The van der Waals surface area contributed by atoms with Gasteiger partial charge in [-0.2, -0.15) is 0 Å². The molecule has 0 aromatic carbocycles. The minimum Gasteiger partial charge on any atom is -0.342 e.